The second-order valence-electron chi connectivity index (χ2n) is 12.6. The van der Waals surface area contributed by atoms with Crippen LogP contribution in [0.2, 0.25) is 0 Å². The van der Waals surface area contributed by atoms with Gasteiger partial charge in [0.2, 0.25) is 0 Å². The molecule has 0 spiro atoms. The summed E-state index contributed by atoms with van der Waals surface area (Å²) in [4.78, 5) is 4.35. The second-order valence-corrected chi connectivity index (χ2v) is 13.6. The predicted octanol–water partition coefficient (Wildman–Crippen LogP) is 5.90. The highest BCUT2D eigenvalue weighted by atomic mass is 32.1. The molecule has 7 atom stereocenters. The Balaban J connectivity index is 1.16. The van der Waals surface area contributed by atoms with Crippen LogP contribution in [0.4, 0.5) is 5.69 Å². The summed E-state index contributed by atoms with van der Waals surface area (Å²) in [7, 11) is 2.07. The smallest absolute Gasteiger partial charge is 0.0377 e. The second kappa shape index (κ2) is 11.5. The quantitative estimate of drug-likeness (QED) is 0.400. The van der Waals surface area contributed by atoms with Crippen LogP contribution in [0.25, 0.3) is 18.2 Å². The molecule has 7 unspecified atom stereocenters. The van der Waals surface area contributed by atoms with Crippen molar-refractivity contribution in [1.29, 1.82) is 0 Å². The number of rotatable bonds is 8. The number of allylic oxidation sites excluding steroid dienone is 1. The van der Waals surface area contributed by atoms with Crippen molar-refractivity contribution in [2.45, 2.75) is 88.4 Å². The molecular weight excluding hydrogens is 506 g/mol. The van der Waals surface area contributed by atoms with E-state index in [0.717, 1.165) is 19.4 Å². The van der Waals surface area contributed by atoms with Gasteiger partial charge in [0.25, 0.3) is 0 Å². The van der Waals surface area contributed by atoms with Crippen molar-refractivity contribution in [3.05, 3.63) is 80.4 Å². The summed E-state index contributed by atoms with van der Waals surface area (Å²) in [5, 5.41) is 9.08. The van der Waals surface area contributed by atoms with Crippen LogP contribution in [-0.4, -0.2) is 37.8 Å². The molecular formula is C36H45N3S. The Labute approximate surface area is 244 Å². The monoisotopic (exact) mass is 551 g/mol. The first-order valence-corrected chi connectivity index (χ1v) is 16.7. The van der Waals surface area contributed by atoms with Crippen LogP contribution in [0.1, 0.15) is 73.8 Å². The number of benzene rings is 1. The topological polar surface area (TPSA) is 27.3 Å². The number of thiophene rings is 1. The first kappa shape index (κ1) is 26.5. The van der Waals surface area contributed by atoms with Crippen LogP contribution in [0.15, 0.2) is 54.6 Å². The van der Waals surface area contributed by atoms with Crippen molar-refractivity contribution < 1.29 is 0 Å². The molecule has 1 aliphatic heterocycles. The maximum absolute atomic E-state index is 4.18. The van der Waals surface area contributed by atoms with E-state index in [0.29, 0.717) is 41.9 Å². The van der Waals surface area contributed by atoms with Crippen LogP contribution in [0.5, 0.6) is 0 Å². The number of anilines is 1. The summed E-state index contributed by atoms with van der Waals surface area (Å²) in [6, 6.07) is 11.6. The van der Waals surface area contributed by atoms with Crippen molar-refractivity contribution in [1.82, 2.24) is 10.6 Å². The molecule has 3 nitrogen and oxygen atoms in total. The van der Waals surface area contributed by atoms with E-state index in [4.69, 9.17) is 0 Å². The first-order chi connectivity index (χ1) is 19.7. The molecule has 7 rings (SSSR count). The minimum atomic E-state index is 0.405. The zero-order valence-corrected chi connectivity index (χ0v) is 25.0. The third kappa shape index (κ3) is 4.76. The van der Waals surface area contributed by atoms with Crippen molar-refractivity contribution in [2.75, 3.05) is 18.5 Å². The lowest BCUT2D eigenvalue weighted by atomic mass is 9.74. The van der Waals surface area contributed by atoms with E-state index in [-0.39, 0.29) is 0 Å². The van der Waals surface area contributed by atoms with Gasteiger partial charge in [-0.15, -0.1) is 11.3 Å². The Kier molecular flexibility index (Phi) is 7.60. The molecule has 0 saturated carbocycles. The summed E-state index contributed by atoms with van der Waals surface area (Å²) in [6.07, 6.45) is 29.1. The van der Waals surface area contributed by atoms with Crippen molar-refractivity contribution in [3.63, 3.8) is 0 Å². The lowest BCUT2D eigenvalue weighted by molar-refractivity contribution is 0.263. The zero-order chi connectivity index (χ0) is 27.1. The van der Waals surface area contributed by atoms with Crippen molar-refractivity contribution >= 4 is 35.3 Å². The maximum atomic E-state index is 4.18. The molecule has 1 saturated heterocycles. The van der Waals surface area contributed by atoms with E-state index >= 15 is 0 Å². The average molecular weight is 552 g/mol. The molecule has 0 amide bonds. The van der Waals surface area contributed by atoms with Gasteiger partial charge in [-0.05, 0) is 111 Å². The molecule has 210 valence electrons. The summed E-state index contributed by atoms with van der Waals surface area (Å²) >= 11 is 1.99. The van der Waals surface area contributed by atoms with Crippen LogP contribution in [-0.2, 0) is 6.42 Å². The van der Waals surface area contributed by atoms with Gasteiger partial charge in [-0.25, -0.2) is 0 Å². The van der Waals surface area contributed by atoms with E-state index in [1.165, 1.54) is 64.4 Å². The van der Waals surface area contributed by atoms with Crippen LogP contribution in [0.3, 0.4) is 0 Å². The fourth-order valence-corrected chi connectivity index (χ4v) is 9.70. The fraction of sp³-hybridized carbons (Fsp3) is 0.500. The SMILES string of the molecule is CCC(CCNC)c1cccc(N2C3CC=CCC3C3C(NC4C=Cc5sc6c(c5C4)=CCCC=6)C=CCC32)c1. The molecule has 1 fully saturated rings. The van der Waals surface area contributed by atoms with Gasteiger partial charge in [0.05, 0.1) is 0 Å². The van der Waals surface area contributed by atoms with E-state index in [9.17, 15) is 0 Å². The molecule has 1 aromatic heterocycles. The Hall–Kier alpha value is -2.40. The molecule has 40 heavy (non-hydrogen) atoms. The van der Waals surface area contributed by atoms with Gasteiger partial charge in [-0.1, -0.05) is 61.6 Å². The predicted molar refractivity (Wildman–Crippen MR) is 172 cm³/mol. The maximum Gasteiger partial charge on any atom is 0.0377 e. The standard InChI is InChI=1S/C36H45N3S/c1-3-24(20-21-37-2)25-10-8-11-27(22-25)39-32-15-6-4-13-29(32)36-31(14-9-16-33(36)39)38-26-18-19-35-30(23-26)28-12-5-7-17-34(28)40-35/h4,6,8-12,14,17-19,22,24,26,29,31-33,36-38H,3,5,7,13,15-16,20-21,23H2,1-2H3. The molecule has 2 aromatic rings. The van der Waals surface area contributed by atoms with Gasteiger partial charge >= 0.3 is 0 Å². The number of nitrogens with one attached hydrogen (secondary N) is 2. The Morgan fingerprint density at radius 1 is 1.02 bits per heavy atom. The zero-order valence-electron chi connectivity index (χ0n) is 24.2. The van der Waals surface area contributed by atoms with Crippen molar-refractivity contribution in [3.8, 4) is 0 Å². The van der Waals surface area contributed by atoms with E-state index in [2.05, 4.69) is 102 Å². The summed E-state index contributed by atoms with van der Waals surface area (Å²) in [5.74, 6) is 1.96. The summed E-state index contributed by atoms with van der Waals surface area (Å²) in [6.45, 7) is 3.42. The molecule has 2 heterocycles. The fourth-order valence-electron chi connectivity index (χ4n) is 8.49. The first-order valence-electron chi connectivity index (χ1n) is 15.9. The molecule has 4 heteroatoms. The molecule has 1 aromatic carbocycles. The summed E-state index contributed by atoms with van der Waals surface area (Å²) < 4.78 is 1.50. The van der Waals surface area contributed by atoms with Crippen molar-refractivity contribution in [2.24, 2.45) is 11.8 Å². The average Bonchev–Trinajstić information content (AvgIpc) is 3.54. The molecule has 2 N–H and O–H groups in total. The number of nitrogens with zero attached hydrogens (tertiary/aromatic N) is 1. The minimum Gasteiger partial charge on any atom is -0.364 e. The summed E-state index contributed by atoms with van der Waals surface area (Å²) in [5.41, 5.74) is 4.55. The van der Waals surface area contributed by atoms with Gasteiger partial charge in [-0.2, -0.15) is 0 Å². The van der Waals surface area contributed by atoms with Gasteiger partial charge in [-0.3, -0.25) is 0 Å². The minimum absolute atomic E-state index is 0.405. The van der Waals surface area contributed by atoms with E-state index < -0.39 is 0 Å². The molecule has 5 aliphatic rings. The molecule has 0 bridgehead atoms. The number of hydrogen-bond donors (Lipinski definition) is 2. The van der Waals surface area contributed by atoms with Gasteiger partial charge in [0.1, 0.15) is 0 Å². The third-order valence-electron chi connectivity index (χ3n) is 10.4. The Morgan fingerprint density at radius 2 is 1.90 bits per heavy atom. The van der Waals surface area contributed by atoms with E-state index in [1.54, 1.807) is 5.56 Å². The van der Waals surface area contributed by atoms with Gasteiger partial charge in [0.15, 0.2) is 0 Å². The number of fused-ring (bicyclic) bond motifs is 6. The van der Waals surface area contributed by atoms with Crippen LogP contribution in [0, 0.1) is 11.8 Å². The molecule has 4 aliphatic carbocycles. The highest BCUT2D eigenvalue weighted by Gasteiger charge is 2.51. The van der Waals surface area contributed by atoms with Gasteiger partial charge in [0, 0.05) is 45.2 Å². The third-order valence-corrected chi connectivity index (χ3v) is 11.6. The number of hydrogen-bond acceptors (Lipinski definition) is 4. The lowest BCUT2D eigenvalue weighted by Gasteiger charge is -2.38. The highest BCUT2D eigenvalue weighted by Crippen LogP contribution is 2.48. The molecule has 0 radical (unpaired) electrons. The van der Waals surface area contributed by atoms with Crippen LogP contribution < -0.4 is 25.3 Å². The largest absolute Gasteiger partial charge is 0.364 e. The normalized spacial score (nSPS) is 30.6. The Bertz CT molecular complexity index is 1430. The van der Waals surface area contributed by atoms with E-state index in [1.807, 2.05) is 11.3 Å². The van der Waals surface area contributed by atoms with Crippen LogP contribution >= 0.6 is 11.3 Å². The Morgan fingerprint density at radius 3 is 2.80 bits per heavy atom. The van der Waals surface area contributed by atoms with Gasteiger partial charge < -0.3 is 15.5 Å². The lowest BCUT2D eigenvalue weighted by Crippen LogP contribution is -2.50. The highest BCUT2D eigenvalue weighted by molar-refractivity contribution is 7.11.